The topological polar surface area (TPSA) is 84.0 Å². The summed E-state index contributed by atoms with van der Waals surface area (Å²) in [5, 5.41) is 2.23. The summed E-state index contributed by atoms with van der Waals surface area (Å²) >= 11 is 19.7. The lowest BCUT2D eigenvalue weighted by atomic mass is 9.81. The number of fused-ring (bicyclic) bond motifs is 5. The average molecular weight is 673 g/mol. The summed E-state index contributed by atoms with van der Waals surface area (Å²) in [7, 11) is 1.51. The van der Waals surface area contributed by atoms with Gasteiger partial charge in [-0.25, -0.2) is 5.01 Å². The van der Waals surface area contributed by atoms with E-state index in [9.17, 15) is 19.2 Å². The van der Waals surface area contributed by atoms with Crippen molar-refractivity contribution < 1.29 is 23.9 Å². The molecule has 1 saturated heterocycles. The van der Waals surface area contributed by atoms with Crippen molar-refractivity contribution in [3.8, 4) is 5.75 Å². The second-order valence-electron chi connectivity index (χ2n) is 9.53. The van der Waals surface area contributed by atoms with Gasteiger partial charge in [-0.1, -0.05) is 55.1 Å². The third-order valence-electron chi connectivity index (χ3n) is 7.67. The summed E-state index contributed by atoms with van der Waals surface area (Å²) in [6, 6.07) is 9.53. The molecule has 2 saturated carbocycles. The van der Waals surface area contributed by atoms with Crippen LogP contribution < -0.4 is 4.74 Å². The van der Waals surface area contributed by atoms with Crippen LogP contribution in [0.2, 0.25) is 10.0 Å². The first-order valence-corrected chi connectivity index (χ1v) is 14.3. The Balaban J connectivity index is 1.56. The van der Waals surface area contributed by atoms with Crippen LogP contribution in [0.3, 0.4) is 0 Å². The zero-order valence-electron chi connectivity index (χ0n) is 19.7. The molecule has 194 valence electrons. The SMILES string of the molecule is COc1ccc(C(=O)[C@H](C)N(C(=O)c2ccc(Cl)cc2Cl)N2C(=O)[C@@H]3[C@H]4C[C@@H]([C@H](Br)[C@@H]4Br)[C@@H]3C2=O)cc1. The number of nitrogens with zero attached hydrogens (tertiary/aromatic N) is 2. The Kier molecular flexibility index (Phi) is 7.19. The first-order chi connectivity index (χ1) is 17.6. The molecule has 1 heterocycles. The Bertz CT molecular complexity index is 1270. The average Bonchev–Trinajstić information content (AvgIpc) is 3.49. The summed E-state index contributed by atoms with van der Waals surface area (Å²) in [5.41, 5.74) is 0.325. The van der Waals surface area contributed by atoms with Gasteiger partial charge in [0.05, 0.1) is 29.5 Å². The van der Waals surface area contributed by atoms with E-state index < -0.39 is 41.4 Å². The van der Waals surface area contributed by atoms with Crippen molar-refractivity contribution in [2.75, 3.05) is 7.11 Å². The van der Waals surface area contributed by atoms with E-state index in [0.717, 1.165) is 16.4 Å². The largest absolute Gasteiger partial charge is 0.497 e. The van der Waals surface area contributed by atoms with Gasteiger partial charge in [-0.3, -0.25) is 19.2 Å². The molecule has 0 unspecified atom stereocenters. The molecule has 11 heteroatoms. The lowest BCUT2D eigenvalue weighted by molar-refractivity contribution is -0.157. The van der Waals surface area contributed by atoms with Gasteiger partial charge in [0.15, 0.2) is 5.78 Å². The standard InChI is InChI=1S/C26H22Br2Cl2N2O5/c1-11(23(33)12-3-6-14(37-2)7-4-12)31(24(34)15-8-5-13(29)9-18(15)30)32-25(35)19-16-10-17(20(19)26(32)36)22(28)21(16)27/h3-9,11,16-17,19-22H,10H2,1-2H3/t11-,16+,17+,19-,20+,21-,22+/m0/s1. The minimum atomic E-state index is -1.18. The maximum absolute atomic E-state index is 13.9. The lowest BCUT2D eigenvalue weighted by Gasteiger charge is -2.35. The smallest absolute Gasteiger partial charge is 0.275 e. The first-order valence-electron chi connectivity index (χ1n) is 11.7. The molecule has 2 aromatic rings. The number of imide groups is 1. The molecule has 3 aliphatic rings. The zero-order chi connectivity index (χ0) is 26.8. The van der Waals surface area contributed by atoms with Gasteiger partial charge in [0.25, 0.3) is 17.7 Å². The Morgan fingerprint density at radius 3 is 2.08 bits per heavy atom. The number of ketones is 1. The van der Waals surface area contributed by atoms with Gasteiger partial charge in [-0.05, 0) is 67.6 Å². The van der Waals surface area contributed by atoms with Crippen molar-refractivity contribution >= 4 is 78.6 Å². The van der Waals surface area contributed by atoms with Crippen LogP contribution in [0, 0.1) is 23.7 Å². The fourth-order valence-electron chi connectivity index (χ4n) is 5.88. The fraction of sp³-hybridized carbons (Fsp3) is 0.385. The summed E-state index contributed by atoms with van der Waals surface area (Å²) in [5.74, 6) is -2.79. The van der Waals surface area contributed by atoms with Crippen LogP contribution in [0.1, 0.15) is 34.1 Å². The zero-order valence-corrected chi connectivity index (χ0v) is 24.4. The maximum Gasteiger partial charge on any atom is 0.275 e. The number of amides is 3. The number of hydrazine groups is 1. The van der Waals surface area contributed by atoms with Crippen molar-refractivity contribution in [1.29, 1.82) is 0 Å². The number of carbonyl (C=O) groups excluding carboxylic acids is 4. The number of halogens is 4. The molecular weight excluding hydrogens is 651 g/mol. The van der Waals surface area contributed by atoms with Crippen molar-refractivity contribution in [2.45, 2.75) is 29.0 Å². The molecule has 2 bridgehead atoms. The van der Waals surface area contributed by atoms with Crippen molar-refractivity contribution in [1.82, 2.24) is 10.0 Å². The van der Waals surface area contributed by atoms with E-state index in [1.807, 2.05) is 0 Å². The van der Waals surface area contributed by atoms with E-state index in [2.05, 4.69) is 31.9 Å². The predicted octanol–water partition coefficient (Wildman–Crippen LogP) is 5.41. The number of alkyl halides is 2. The van der Waals surface area contributed by atoms with Gasteiger partial charge in [0.1, 0.15) is 11.8 Å². The van der Waals surface area contributed by atoms with Crippen LogP contribution in [-0.2, 0) is 9.59 Å². The number of methoxy groups -OCH3 is 1. The number of rotatable bonds is 6. The maximum atomic E-state index is 13.9. The molecule has 3 fully saturated rings. The predicted molar refractivity (Wildman–Crippen MR) is 145 cm³/mol. The molecule has 0 spiro atoms. The van der Waals surface area contributed by atoms with Crippen LogP contribution >= 0.6 is 55.1 Å². The normalized spacial score (nSPS) is 28.9. The van der Waals surface area contributed by atoms with Gasteiger partial charge in [-0.15, -0.1) is 0 Å². The quantitative estimate of drug-likeness (QED) is 0.233. The Hall–Kier alpha value is -1.94. The Morgan fingerprint density at radius 2 is 1.57 bits per heavy atom. The van der Waals surface area contributed by atoms with E-state index in [4.69, 9.17) is 27.9 Å². The number of hydrogen-bond donors (Lipinski definition) is 0. The van der Waals surface area contributed by atoms with E-state index in [1.54, 1.807) is 24.3 Å². The molecule has 0 aromatic heterocycles. The minimum Gasteiger partial charge on any atom is -0.497 e. The second kappa shape index (κ2) is 9.98. The summed E-state index contributed by atoms with van der Waals surface area (Å²) in [4.78, 5) is 55.1. The van der Waals surface area contributed by atoms with Crippen molar-refractivity contribution in [3.63, 3.8) is 0 Å². The highest BCUT2D eigenvalue weighted by molar-refractivity contribution is 9.12. The Morgan fingerprint density at radius 1 is 1.00 bits per heavy atom. The fourth-order valence-corrected chi connectivity index (χ4v) is 8.24. The van der Waals surface area contributed by atoms with Crippen molar-refractivity contribution in [3.05, 3.63) is 63.6 Å². The number of Topliss-reactive ketones (excluding diaryl/α,β-unsaturated/α-hetero) is 1. The van der Waals surface area contributed by atoms with Gasteiger partial charge >= 0.3 is 0 Å². The molecule has 5 rings (SSSR count). The van der Waals surface area contributed by atoms with Crippen LogP contribution in [-0.4, -0.2) is 56.3 Å². The van der Waals surface area contributed by atoms with Crippen LogP contribution in [0.15, 0.2) is 42.5 Å². The van der Waals surface area contributed by atoms with E-state index in [1.165, 1.54) is 32.2 Å². The third-order valence-corrected chi connectivity index (χ3v) is 11.4. The number of benzene rings is 2. The van der Waals surface area contributed by atoms with E-state index in [0.29, 0.717) is 16.3 Å². The van der Waals surface area contributed by atoms with Gasteiger partial charge < -0.3 is 4.74 Å². The van der Waals surface area contributed by atoms with Crippen molar-refractivity contribution in [2.24, 2.45) is 23.7 Å². The van der Waals surface area contributed by atoms with E-state index in [-0.39, 0.29) is 32.1 Å². The lowest BCUT2D eigenvalue weighted by Crippen LogP contribution is -2.57. The second-order valence-corrected chi connectivity index (χ2v) is 12.5. The molecular formula is C26H22Br2Cl2N2O5. The van der Waals surface area contributed by atoms with Crippen LogP contribution in [0.25, 0.3) is 0 Å². The summed E-state index contributed by atoms with van der Waals surface area (Å²) in [6.45, 7) is 1.50. The molecule has 37 heavy (non-hydrogen) atoms. The molecule has 7 atom stereocenters. The molecule has 0 N–H and O–H groups in total. The van der Waals surface area contributed by atoms with E-state index >= 15 is 0 Å². The molecule has 2 aliphatic carbocycles. The number of hydrogen-bond acceptors (Lipinski definition) is 5. The molecule has 0 radical (unpaired) electrons. The monoisotopic (exact) mass is 670 g/mol. The molecule has 7 nitrogen and oxygen atoms in total. The van der Waals surface area contributed by atoms with Gasteiger partial charge in [-0.2, -0.15) is 5.01 Å². The highest BCUT2D eigenvalue weighted by Crippen LogP contribution is 2.60. The minimum absolute atomic E-state index is 0.0258. The highest BCUT2D eigenvalue weighted by Gasteiger charge is 2.68. The Labute approximate surface area is 240 Å². The van der Waals surface area contributed by atoms with Crippen LogP contribution in [0.4, 0.5) is 0 Å². The molecule has 2 aromatic carbocycles. The summed E-state index contributed by atoms with van der Waals surface area (Å²) in [6.07, 6.45) is 0.740. The summed E-state index contributed by atoms with van der Waals surface area (Å²) < 4.78 is 5.16. The molecule has 1 aliphatic heterocycles. The van der Waals surface area contributed by atoms with Gasteiger partial charge in [0, 0.05) is 20.2 Å². The third kappa shape index (κ3) is 4.22. The number of ether oxygens (including phenoxy) is 1. The highest BCUT2D eigenvalue weighted by atomic mass is 79.9. The first kappa shape index (κ1) is 26.7. The number of carbonyl (C=O) groups is 4. The van der Waals surface area contributed by atoms with Crippen LogP contribution in [0.5, 0.6) is 5.75 Å². The molecule has 3 amide bonds. The van der Waals surface area contributed by atoms with Gasteiger partial charge in [0.2, 0.25) is 0 Å².